The monoisotopic (exact) mass is 469 g/mol. The Kier molecular flexibility index (Phi) is 7.41. The number of H-pyrrole nitrogens is 1. The molecule has 0 aliphatic carbocycles. The molecule has 1 aliphatic heterocycles. The van der Waals surface area contributed by atoms with Gasteiger partial charge in [0.15, 0.2) is 6.23 Å². The Morgan fingerprint density at radius 2 is 2.00 bits per heavy atom. The van der Waals surface area contributed by atoms with Gasteiger partial charge in [0.25, 0.3) is 5.56 Å². The minimum Gasteiger partial charge on any atom is -0.468 e. The van der Waals surface area contributed by atoms with Gasteiger partial charge >= 0.3 is 19.4 Å². The number of aromatic nitrogens is 2. The van der Waals surface area contributed by atoms with Gasteiger partial charge in [-0.1, -0.05) is 6.08 Å². The van der Waals surface area contributed by atoms with E-state index in [4.69, 9.17) is 13.8 Å². The van der Waals surface area contributed by atoms with Gasteiger partial charge in [0, 0.05) is 12.3 Å². The predicted molar refractivity (Wildman–Crippen MR) is 110 cm³/mol. The predicted octanol–water partition coefficient (Wildman–Crippen LogP) is 1.48. The topological polar surface area (TPSA) is 138 Å². The first-order chi connectivity index (χ1) is 15.2. The molecule has 1 unspecified atom stereocenters. The Hall–Kier alpha value is -3.05. The summed E-state index contributed by atoms with van der Waals surface area (Å²) in [6.45, 7) is 1.13. The number of nitrogens with zero attached hydrogens (tertiary/aromatic N) is 1. The second-order valence-electron chi connectivity index (χ2n) is 6.68. The van der Waals surface area contributed by atoms with Gasteiger partial charge in [-0.15, -0.1) is 0 Å². The minimum atomic E-state index is -4.14. The van der Waals surface area contributed by atoms with Crippen molar-refractivity contribution in [3.05, 3.63) is 75.3 Å². The van der Waals surface area contributed by atoms with Gasteiger partial charge in [-0.25, -0.2) is 13.8 Å². The average molecular weight is 469 g/mol. The number of carbonyl (C=O) groups excluding carboxylic acids is 1. The molecule has 0 spiro atoms. The Morgan fingerprint density at radius 1 is 1.28 bits per heavy atom. The third-order valence-electron chi connectivity index (χ3n) is 4.28. The summed E-state index contributed by atoms with van der Waals surface area (Å²) < 4.78 is 48.7. The molecule has 0 saturated carbocycles. The third kappa shape index (κ3) is 6.01. The molecule has 0 amide bonds. The quantitative estimate of drug-likeness (QED) is 0.318. The average Bonchev–Trinajstić information content (AvgIpc) is 3.22. The fourth-order valence-electron chi connectivity index (χ4n) is 2.73. The van der Waals surface area contributed by atoms with Gasteiger partial charge in [-0.3, -0.25) is 23.7 Å². The van der Waals surface area contributed by atoms with Crippen LogP contribution in [0.25, 0.3) is 0 Å². The van der Waals surface area contributed by atoms with Crippen LogP contribution in [0, 0.1) is 5.82 Å². The number of halogens is 1. The highest BCUT2D eigenvalue weighted by atomic mass is 31.2. The molecular weight excluding hydrogens is 448 g/mol. The number of rotatable bonds is 9. The van der Waals surface area contributed by atoms with Crippen LogP contribution in [0.2, 0.25) is 0 Å². The van der Waals surface area contributed by atoms with E-state index in [1.165, 1.54) is 38.4 Å². The van der Waals surface area contributed by atoms with Crippen LogP contribution in [0.15, 0.2) is 58.3 Å². The van der Waals surface area contributed by atoms with Gasteiger partial charge in [-0.05, 0) is 37.3 Å². The number of carbonyl (C=O) groups is 1. The second-order valence-corrected chi connectivity index (χ2v) is 8.37. The third-order valence-corrected chi connectivity index (χ3v) is 5.93. The fraction of sp³-hybridized carbons (Fsp3) is 0.316. The van der Waals surface area contributed by atoms with Gasteiger partial charge < -0.3 is 14.0 Å². The van der Waals surface area contributed by atoms with E-state index in [9.17, 15) is 23.3 Å². The first-order valence-electron chi connectivity index (χ1n) is 9.40. The SMILES string of the molecule is COC(=O)[C@H](C)NP(=O)(OC[C@@H]1C=C[C@H](n2ccc(=O)[nH]c2=O)O1)Oc1ccc(F)cc1. The molecule has 1 aromatic heterocycles. The molecule has 0 bridgehead atoms. The molecule has 4 atom stereocenters. The number of nitrogens with one attached hydrogen (secondary N) is 2. The normalized spacial score (nSPS) is 20.5. The summed E-state index contributed by atoms with van der Waals surface area (Å²) in [7, 11) is -2.97. The van der Waals surface area contributed by atoms with Crippen LogP contribution in [0.1, 0.15) is 13.2 Å². The number of methoxy groups -OCH3 is 1. The summed E-state index contributed by atoms with van der Waals surface area (Å²) >= 11 is 0. The van der Waals surface area contributed by atoms with Crippen molar-refractivity contribution in [2.75, 3.05) is 13.7 Å². The van der Waals surface area contributed by atoms with Crippen LogP contribution >= 0.6 is 7.75 Å². The maximum atomic E-state index is 13.3. The number of benzene rings is 1. The fourth-order valence-corrected chi connectivity index (χ4v) is 4.23. The smallest absolute Gasteiger partial charge is 0.459 e. The zero-order chi connectivity index (χ0) is 23.3. The van der Waals surface area contributed by atoms with Gasteiger partial charge in [0.05, 0.1) is 13.7 Å². The van der Waals surface area contributed by atoms with E-state index in [2.05, 4.69) is 14.8 Å². The van der Waals surface area contributed by atoms with E-state index in [1.54, 1.807) is 12.2 Å². The number of ether oxygens (including phenoxy) is 2. The Balaban J connectivity index is 1.69. The summed E-state index contributed by atoms with van der Waals surface area (Å²) in [6, 6.07) is 4.85. The lowest BCUT2D eigenvalue weighted by molar-refractivity contribution is -0.142. The summed E-state index contributed by atoms with van der Waals surface area (Å²) in [6.07, 6.45) is 2.88. The second kappa shape index (κ2) is 10.0. The van der Waals surface area contributed by atoms with Gasteiger partial charge in [0.1, 0.15) is 23.7 Å². The van der Waals surface area contributed by atoms with Crippen molar-refractivity contribution >= 4 is 13.7 Å². The Labute approximate surface area is 181 Å². The minimum absolute atomic E-state index is 0.0415. The summed E-state index contributed by atoms with van der Waals surface area (Å²) in [4.78, 5) is 37.0. The first-order valence-corrected chi connectivity index (χ1v) is 10.9. The molecule has 2 N–H and O–H groups in total. The number of aromatic amines is 1. The molecule has 1 aliphatic rings. The molecule has 32 heavy (non-hydrogen) atoms. The van der Waals surface area contributed by atoms with Gasteiger partial charge in [0.2, 0.25) is 0 Å². The largest absolute Gasteiger partial charge is 0.468 e. The molecule has 1 aromatic carbocycles. The van der Waals surface area contributed by atoms with Crippen LogP contribution in [-0.4, -0.2) is 41.4 Å². The standard InChI is InChI=1S/C19H21FN3O8P/c1-12(18(25)28-2)22-32(27,31-14-5-3-13(20)4-6-14)29-11-15-7-8-17(30-15)23-10-9-16(24)21-19(23)26/h3-10,12,15,17H,11H2,1-2H3,(H,22,27)(H,21,24,26)/t12-,15-,17+,32?/m0/s1. The van der Waals surface area contributed by atoms with Crippen LogP contribution in [0.5, 0.6) is 5.75 Å². The summed E-state index contributed by atoms with van der Waals surface area (Å²) in [5.41, 5.74) is -1.20. The lowest BCUT2D eigenvalue weighted by Crippen LogP contribution is -2.35. The van der Waals surface area contributed by atoms with E-state index in [1.807, 2.05) is 0 Å². The molecule has 172 valence electrons. The van der Waals surface area contributed by atoms with Gasteiger partial charge in [-0.2, -0.15) is 5.09 Å². The number of esters is 1. The van der Waals surface area contributed by atoms with Crippen LogP contribution in [0.3, 0.4) is 0 Å². The summed E-state index contributed by atoms with van der Waals surface area (Å²) in [5, 5.41) is 2.46. The molecule has 2 aromatic rings. The van der Waals surface area contributed by atoms with Crippen molar-refractivity contribution in [1.29, 1.82) is 0 Å². The molecule has 3 rings (SSSR count). The molecule has 0 radical (unpaired) electrons. The zero-order valence-corrected chi connectivity index (χ0v) is 18.0. The number of hydrogen-bond donors (Lipinski definition) is 2. The highest BCUT2D eigenvalue weighted by Gasteiger charge is 2.34. The first kappa shape index (κ1) is 23.6. The molecule has 0 fully saturated rings. The van der Waals surface area contributed by atoms with E-state index in [-0.39, 0.29) is 12.4 Å². The molecule has 2 heterocycles. The van der Waals surface area contributed by atoms with E-state index in [0.717, 1.165) is 16.7 Å². The molecule has 13 heteroatoms. The van der Waals surface area contributed by atoms with E-state index in [0.29, 0.717) is 0 Å². The lowest BCUT2D eigenvalue weighted by atomic mass is 10.3. The van der Waals surface area contributed by atoms with Crippen LogP contribution in [-0.2, 0) is 23.4 Å². The van der Waals surface area contributed by atoms with E-state index >= 15 is 0 Å². The maximum Gasteiger partial charge on any atom is 0.459 e. The van der Waals surface area contributed by atoms with Crippen molar-refractivity contribution in [2.24, 2.45) is 0 Å². The molecular formula is C19H21FN3O8P. The van der Waals surface area contributed by atoms with Crippen molar-refractivity contribution in [2.45, 2.75) is 25.3 Å². The van der Waals surface area contributed by atoms with E-state index < -0.39 is 49.2 Å². The number of hydrogen-bond acceptors (Lipinski definition) is 8. The lowest BCUT2D eigenvalue weighted by Gasteiger charge is -2.24. The molecule has 0 saturated heterocycles. The van der Waals surface area contributed by atoms with Crippen molar-refractivity contribution in [3.8, 4) is 5.75 Å². The van der Waals surface area contributed by atoms with Crippen molar-refractivity contribution < 1.29 is 32.3 Å². The van der Waals surface area contributed by atoms with Crippen LogP contribution < -0.4 is 20.9 Å². The summed E-state index contributed by atoms with van der Waals surface area (Å²) in [5.74, 6) is -1.18. The van der Waals surface area contributed by atoms with Crippen molar-refractivity contribution in [1.82, 2.24) is 14.6 Å². The Morgan fingerprint density at radius 3 is 2.66 bits per heavy atom. The highest BCUT2D eigenvalue weighted by molar-refractivity contribution is 7.52. The highest BCUT2D eigenvalue weighted by Crippen LogP contribution is 2.45. The zero-order valence-electron chi connectivity index (χ0n) is 17.1. The molecule has 11 nitrogen and oxygen atoms in total. The Bertz CT molecular complexity index is 1150. The van der Waals surface area contributed by atoms with Crippen LogP contribution in [0.4, 0.5) is 4.39 Å². The van der Waals surface area contributed by atoms with Crippen molar-refractivity contribution in [3.63, 3.8) is 0 Å². The maximum absolute atomic E-state index is 13.3.